The number of nitrogens with two attached hydrogens (primary N) is 1. The van der Waals surface area contributed by atoms with E-state index in [1.54, 1.807) is 6.92 Å². The molecule has 1 rings (SSSR count). The smallest absolute Gasteiger partial charge is 0.221 e. The minimum atomic E-state index is -3.45. The quantitative estimate of drug-likeness (QED) is 0.472. The maximum absolute atomic E-state index is 11.8. The summed E-state index contributed by atoms with van der Waals surface area (Å²) < 4.78 is 31.4. The average Bonchev–Trinajstić information content (AvgIpc) is 3.00. The van der Waals surface area contributed by atoms with Crippen molar-refractivity contribution in [3.05, 3.63) is 0 Å². The van der Waals surface area contributed by atoms with Crippen molar-refractivity contribution in [2.24, 2.45) is 11.7 Å². The highest BCUT2D eigenvalue weighted by Crippen LogP contribution is 2.28. The van der Waals surface area contributed by atoms with Crippen molar-refractivity contribution >= 4 is 27.2 Å². The van der Waals surface area contributed by atoms with Gasteiger partial charge >= 0.3 is 0 Å². The number of thiocarbonyl (C=S) groups is 1. The highest BCUT2D eigenvalue weighted by atomic mass is 32.2. The number of hydrogen-bond acceptors (Lipinski definition) is 4. The molecule has 0 aromatic heterocycles. The third-order valence-electron chi connectivity index (χ3n) is 2.66. The van der Waals surface area contributed by atoms with Gasteiger partial charge in [-0.05, 0) is 25.2 Å². The topological polar surface area (TPSA) is 81.4 Å². The molecule has 1 aliphatic rings. The standard InChI is InChI=1S/C10H20N2O3S2/c1-2-9(10(11)16)17(13,14)12-5-6-15-7-8-3-4-8/h8-9,12H,2-7H2,1H3,(H2,11,16). The Bertz CT molecular complexity index is 353. The third-order valence-corrected chi connectivity index (χ3v) is 5.04. The second kappa shape index (κ2) is 6.63. The summed E-state index contributed by atoms with van der Waals surface area (Å²) in [6.07, 6.45) is 2.84. The molecular weight excluding hydrogens is 260 g/mol. The fourth-order valence-corrected chi connectivity index (χ4v) is 3.33. The molecule has 0 radical (unpaired) electrons. The third kappa shape index (κ3) is 5.29. The highest BCUT2D eigenvalue weighted by Gasteiger charge is 2.26. The summed E-state index contributed by atoms with van der Waals surface area (Å²) >= 11 is 4.74. The van der Waals surface area contributed by atoms with Crippen molar-refractivity contribution in [1.82, 2.24) is 4.72 Å². The molecule has 100 valence electrons. The predicted molar refractivity (Wildman–Crippen MR) is 71.3 cm³/mol. The van der Waals surface area contributed by atoms with Crippen LogP contribution in [0.4, 0.5) is 0 Å². The van der Waals surface area contributed by atoms with Crippen molar-refractivity contribution in [3.63, 3.8) is 0 Å². The van der Waals surface area contributed by atoms with Gasteiger partial charge in [0.2, 0.25) is 10.0 Å². The first kappa shape index (κ1) is 14.8. The average molecular weight is 280 g/mol. The van der Waals surface area contributed by atoms with Crippen LogP contribution >= 0.6 is 12.2 Å². The molecule has 1 unspecified atom stereocenters. The first-order valence-electron chi connectivity index (χ1n) is 5.83. The Hall–Kier alpha value is -0.240. The number of nitrogens with one attached hydrogen (secondary N) is 1. The summed E-state index contributed by atoms with van der Waals surface area (Å²) in [6.45, 7) is 3.14. The molecule has 1 fully saturated rings. The Morgan fingerprint density at radius 1 is 1.59 bits per heavy atom. The van der Waals surface area contributed by atoms with E-state index in [0.717, 1.165) is 6.61 Å². The van der Waals surface area contributed by atoms with Crippen LogP contribution in [0.25, 0.3) is 0 Å². The van der Waals surface area contributed by atoms with Crippen molar-refractivity contribution in [1.29, 1.82) is 0 Å². The molecule has 0 amide bonds. The Morgan fingerprint density at radius 2 is 2.24 bits per heavy atom. The van der Waals surface area contributed by atoms with E-state index in [9.17, 15) is 8.42 Å². The fourth-order valence-electron chi connectivity index (χ4n) is 1.46. The summed E-state index contributed by atoms with van der Waals surface area (Å²) in [5.41, 5.74) is 5.39. The van der Waals surface area contributed by atoms with Crippen LogP contribution in [-0.4, -0.2) is 38.4 Å². The first-order chi connectivity index (χ1) is 7.97. The number of ether oxygens (including phenoxy) is 1. The van der Waals surface area contributed by atoms with Gasteiger partial charge in [-0.2, -0.15) is 0 Å². The zero-order valence-corrected chi connectivity index (χ0v) is 11.6. The Kier molecular flexibility index (Phi) is 5.78. The van der Waals surface area contributed by atoms with Gasteiger partial charge in [-0.1, -0.05) is 19.1 Å². The zero-order chi connectivity index (χ0) is 12.9. The molecule has 0 spiro atoms. The van der Waals surface area contributed by atoms with E-state index in [1.807, 2.05) is 0 Å². The molecule has 17 heavy (non-hydrogen) atoms. The molecule has 1 saturated carbocycles. The van der Waals surface area contributed by atoms with Gasteiger partial charge in [-0.25, -0.2) is 13.1 Å². The van der Waals surface area contributed by atoms with E-state index in [0.29, 0.717) is 18.9 Å². The lowest BCUT2D eigenvalue weighted by Crippen LogP contribution is -2.42. The second-order valence-corrected chi connectivity index (χ2v) is 6.68. The molecule has 0 saturated heterocycles. The Morgan fingerprint density at radius 3 is 2.71 bits per heavy atom. The molecular formula is C10H20N2O3S2. The number of rotatable bonds is 9. The van der Waals surface area contributed by atoms with E-state index < -0.39 is 15.3 Å². The van der Waals surface area contributed by atoms with Gasteiger partial charge in [0.25, 0.3) is 0 Å². The molecule has 0 heterocycles. The van der Waals surface area contributed by atoms with Crippen LogP contribution in [0.3, 0.4) is 0 Å². The van der Waals surface area contributed by atoms with Gasteiger partial charge in [-0.3, -0.25) is 0 Å². The number of hydrogen-bond donors (Lipinski definition) is 2. The van der Waals surface area contributed by atoms with E-state index >= 15 is 0 Å². The van der Waals surface area contributed by atoms with Gasteiger partial charge in [0.15, 0.2) is 0 Å². The van der Waals surface area contributed by atoms with Crippen LogP contribution in [0, 0.1) is 5.92 Å². The van der Waals surface area contributed by atoms with Gasteiger partial charge in [0.1, 0.15) is 5.25 Å². The van der Waals surface area contributed by atoms with Crippen LogP contribution in [0.1, 0.15) is 26.2 Å². The van der Waals surface area contributed by atoms with Crippen LogP contribution in [0.2, 0.25) is 0 Å². The second-order valence-electron chi connectivity index (χ2n) is 4.26. The molecule has 1 atom stereocenters. The first-order valence-corrected chi connectivity index (χ1v) is 7.78. The van der Waals surface area contributed by atoms with Crippen LogP contribution in [0.5, 0.6) is 0 Å². The molecule has 0 bridgehead atoms. The SMILES string of the molecule is CCC(C(N)=S)S(=O)(=O)NCCOCC1CC1. The minimum Gasteiger partial charge on any atom is -0.392 e. The molecule has 0 aromatic carbocycles. The van der Waals surface area contributed by atoms with Crippen molar-refractivity contribution in [2.45, 2.75) is 31.4 Å². The van der Waals surface area contributed by atoms with E-state index in [-0.39, 0.29) is 11.5 Å². The summed E-state index contributed by atoms with van der Waals surface area (Å²) in [6, 6.07) is 0. The van der Waals surface area contributed by atoms with Crippen molar-refractivity contribution in [3.8, 4) is 0 Å². The molecule has 1 aliphatic carbocycles. The normalized spacial score (nSPS) is 17.9. The monoisotopic (exact) mass is 280 g/mol. The lowest BCUT2D eigenvalue weighted by Gasteiger charge is -2.15. The Balaban J connectivity index is 2.24. The Labute approximate surface area is 108 Å². The van der Waals surface area contributed by atoms with Crippen molar-refractivity contribution < 1.29 is 13.2 Å². The molecule has 5 nitrogen and oxygen atoms in total. The lowest BCUT2D eigenvalue weighted by atomic mass is 10.3. The summed E-state index contributed by atoms with van der Waals surface area (Å²) in [5, 5.41) is -0.791. The predicted octanol–water partition coefficient (Wildman–Crippen LogP) is 0.397. The van der Waals surface area contributed by atoms with E-state index in [1.165, 1.54) is 12.8 Å². The van der Waals surface area contributed by atoms with Gasteiger partial charge in [-0.15, -0.1) is 0 Å². The fraction of sp³-hybridized carbons (Fsp3) is 0.900. The van der Waals surface area contributed by atoms with Gasteiger partial charge in [0, 0.05) is 13.2 Å². The van der Waals surface area contributed by atoms with E-state index in [2.05, 4.69) is 4.72 Å². The zero-order valence-electron chi connectivity index (χ0n) is 10.0. The summed E-state index contributed by atoms with van der Waals surface area (Å²) in [5.74, 6) is 0.687. The van der Waals surface area contributed by atoms with Crippen molar-refractivity contribution in [2.75, 3.05) is 19.8 Å². The summed E-state index contributed by atoms with van der Waals surface area (Å²) in [4.78, 5) is 0.0129. The van der Waals surface area contributed by atoms with Crippen LogP contribution in [-0.2, 0) is 14.8 Å². The molecule has 3 N–H and O–H groups in total. The van der Waals surface area contributed by atoms with Crippen LogP contribution in [0.15, 0.2) is 0 Å². The van der Waals surface area contributed by atoms with Gasteiger partial charge in [0.05, 0.1) is 11.6 Å². The molecule has 7 heteroatoms. The van der Waals surface area contributed by atoms with E-state index in [4.69, 9.17) is 22.7 Å². The summed E-state index contributed by atoms with van der Waals surface area (Å²) in [7, 11) is -3.45. The largest absolute Gasteiger partial charge is 0.392 e. The lowest BCUT2D eigenvalue weighted by molar-refractivity contribution is 0.129. The maximum Gasteiger partial charge on any atom is 0.221 e. The maximum atomic E-state index is 11.8. The van der Waals surface area contributed by atoms with Gasteiger partial charge < -0.3 is 10.5 Å². The minimum absolute atomic E-state index is 0.0129. The van der Waals surface area contributed by atoms with Crippen LogP contribution < -0.4 is 10.5 Å². The molecule has 0 aromatic rings. The number of sulfonamides is 1. The highest BCUT2D eigenvalue weighted by molar-refractivity contribution is 7.93. The molecule has 0 aliphatic heterocycles.